The summed E-state index contributed by atoms with van der Waals surface area (Å²) in [7, 11) is 6.19. The molecule has 7 rings (SSSR count). The first-order valence-corrected chi connectivity index (χ1v) is 18.2. The quantitative estimate of drug-likeness (QED) is 0.124. The zero-order valence-corrected chi connectivity index (χ0v) is 30.3. The average molecular weight is 717 g/mol. The van der Waals surface area contributed by atoms with E-state index in [1.807, 2.05) is 102 Å². The number of nitrogens with zero attached hydrogens (tertiary/aromatic N) is 2. The Bertz CT molecular complexity index is 2030. The van der Waals surface area contributed by atoms with E-state index in [0.717, 1.165) is 50.8 Å². The number of fused-ring (bicyclic) bond motifs is 4. The predicted molar refractivity (Wildman–Crippen MR) is 203 cm³/mol. The van der Waals surface area contributed by atoms with E-state index in [-0.39, 0.29) is 23.7 Å². The highest BCUT2D eigenvalue weighted by atomic mass is 32.2. The van der Waals surface area contributed by atoms with Crippen LogP contribution in [-0.2, 0) is 31.2 Å². The lowest BCUT2D eigenvalue weighted by atomic mass is 9.70. The van der Waals surface area contributed by atoms with E-state index in [9.17, 15) is 4.79 Å². The summed E-state index contributed by atoms with van der Waals surface area (Å²) in [6.45, 7) is 0.302. The molecule has 266 valence electrons. The maximum Gasteiger partial charge on any atom is 0.330 e. The van der Waals surface area contributed by atoms with E-state index in [1.165, 1.54) is 13.2 Å². The van der Waals surface area contributed by atoms with Crippen LogP contribution in [-0.4, -0.2) is 68.7 Å². The molecule has 1 amide bonds. The number of carbonyl (C=O) groups is 3. The van der Waals surface area contributed by atoms with E-state index in [0.29, 0.717) is 18.2 Å². The lowest BCUT2D eigenvalue weighted by Crippen LogP contribution is -2.54. The minimum Gasteiger partial charge on any atom is -0.497 e. The van der Waals surface area contributed by atoms with Crippen LogP contribution in [0.1, 0.15) is 33.7 Å². The molecule has 0 radical (unpaired) electrons. The van der Waals surface area contributed by atoms with E-state index in [2.05, 4.69) is 4.90 Å². The monoisotopic (exact) mass is 716 g/mol. The Morgan fingerprint density at radius 2 is 1.38 bits per heavy atom. The molecular formula is C42H40N2O7S. The normalized spacial score (nSPS) is 22.3. The fraction of sp³-hybridized carbons (Fsp3) is 0.262. The smallest absolute Gasteiger partial charge is 0.330 e. The number of amides is 1. The molecule has 9 nitrogen and oxygen atoms in total. The number of carbonyl (C=O) groups excluding carboxylic acids is 3. The van der Waals surface area contributed by atoms with Gasteiger partial charge in [-0.2, -0.15) is 0 Å². The third kappa shape index (κ3) is 6.16. The second kappa shape index (κ2) is 14.7. The SMILES string of the molecule is COC(=O)/C=C/c1ccc2c(c1)C1(C(=O)N2Cc2ccc(OC)cc2)[C@H](C(=O)/C=C/c2ccc(OC)cc2)[C@@H](c2ccc(OC)cc2)[C@@H]2CSCN21. The topological polar surface area (TPSA) is 94.6 Å². The maximum absolute atomic E-state index is 15.6. The van der Waals surface area contributed by atoms with Crippen LogP contribution >= 0.6 is 11.8 Å². The number of anilines is 1. The number of thioether (sulfide) groups is 1. The van der Waals surface area contributed by atoms with Gasteiger partial charge in [-0.3, -0.25) is 14.5 Å². The zero-order valence-electron chi connectivity index (χ0n) is 29.5. The van der Waals surface area contributed by atoms with E-state index >= 15 is 9.59 Å². The first kappa shape index (κ1) is 35.1. The molecule has 3 aliphatic rings. The Morgan fingerprint density at radius 1 is 0.788 bits per heavy atom. The Balaban J connectivity index is 1.41. The van der Waals surface area contributed by atoms with Gasteiger partial charge in [0.25, 0.3) is 5.91 Å². The molecule has 0 bridgehead atoms. The van der Waals surface area contributed by atoms with Gasteiger partial charge >= 0.3 is 5.97 Å². The molecule has 3 aliphatic heterocycles. The summed E-state index contributed by atoms with van der Waals surface area (Å²) < 4.78 is 21.1. The van der Waals surface area contributed by atoms with Crippen molar-refractivity contribution in [1.29, 1.82) is 0 Å². The van der Waals surface area contributed by atoms with Gasteiger partial charge in [0, 0.05) is 40.9 Å². The summed E-state index contributed by atoms with van der Waals surface area (Å²) in [6.07, 6.45) is 6.48. The molecule has 10 heteroatoms. The number of ether oxygens (including phenoxy) is 4. The van der Waals surface area contributed by atoms with Crippen LogP contribution in [0, 0.1) is 5.92 Å². The summed E-state index contributed by atoms with van der Waals surface area (Å²) in [5.74, 6) is 1.64. The highest BCUT2D eigenvalue weighted by Gasteiger charge is 2.70. The third-order valence-corrected chi connectivity index (χ3v) is 11.4. The van der Waals surface area contributed by atoms with Crippen molar-refractivity contribution < 1.29 is 33.3 Å². The number of hydrogen-bond acceptors (Lipinski definition) is 9. The summed E-state index contributed by atoms with van der Waals surface area (Å²) in [5, 5.41) is 0. The number of benzene rings is 4. The number of ketones is 1. The molecule has 4 aromatic carbocycles. The highest BCUT2D eigenvalue weighted by Crippen LogP contribution is 2.62. The van der Waals surface area contributed by atoms with Crippen LogP contribution in [0.4, 0.5) is 5.69 Å². The molecule has 0 aliphatic carbocycles. The van der Waals surface area contributed by atoms with Crippen molar-refractivity contribution in [3.8, 4) is 17.2 Å². The summed E-state index contributed by atoms with van der Waals surface area (Å²) >= 11 is 1.77. The minimum atomic E-state index is -1.32. The number of hydrogen-bond donors (Lipinski definition) is 0. The van der Waals surface area contributed by atoms with Crippen molar-refractivity contribution in [3.05, 3.63) is 131 Å². The summed E-state index contributed by atoms with van der Waals surface area (Å²) in [4.78, 5) is 46.8. The second-order valence-corrected chi connectivity index (χ2v) is 14.0. The average Bonchev–Trinajstić information content (AvgIpc) is 3.85. The molecule has 52 heavy (non-hydrogen) atoms. The molecular weight excluding hydrogens is 677 g/mol. The maximum atomic E-state index is 15.6. The summed E-state index contributed by atoms with van der Waals surface area (Å²) in [6, 6.07) is 28.7. The second-order valence-electron chi connectivity index (χ2n) is 13.0. The van der Waals surface area contributed by atoms with Crippen molar-refractivity contribution in [1.82, 2.24) is 4.90 Å². The molecule has 0 N–H and O–H groups in total. The molecule has 1 unspecified atom stereocenters. The molecule has 0 aromatic heterocycles. The number of esters is 1. The van der Waals surface area contributed by atoms with E-state index < -0.39 is 17.4 Å². The van der Waals surface area contributed by atoms with Gasteiger partial charge in [0.1, 0.15) is 22.8 Å². The van der Waals surface area contributed by atoms with Crippen LogP contribution in [0.15, 0.2) is 103 Å². The molecule has 2 fully saturated rings. The molecule has 3 heterocycles. The Kier molecular flexibility index (Phi) is 9.94. The number of methoxy groups -OCH3 is 4. The van der Waals surface area contributed by atoms with Gasteiger partial charge in [0.2, 0.25) is 0 Å². The van der Waals surface area contributed by atoms with Crippen molar-refractivity contribution in [2.45, 2.75) is 24.0 Å². The van der Waals surface area contributed by atoms with E-state index in [4.69, 9.17) is 18.9 Å². The largest absolute Gasteiger partial charge is 0.497 e. The Hall–Kier alpha value is -5.32. The van der Waals surface area contributed by atoms with Gasteiger partial charge in [0.15, 0.2) is 5.78 Å². The van der Waals surface area contributed by atoms with Crippen LogP contribution in [0.25, 0.3) is 12.2 Å². The van der Waals surface area contributed by atoms with Gasteiger partial charge in [-0.15, -0.1) is 11.8 Å². The van der Waals surface area contributed by atoms with Crippen LogP contribution in [0.5, 0.6) is 17.2 Å². The van der Waals surface area contributed by atoms with Crippen molar-refractivity contribution in [2.75, 3.05) is 45.0 Å². The first-order chi connectivity index (χ1) is 25.3. The van der Waals surface area contributed by atoms with Crippen molar-refractivity contribution >= 4 is 47.3 Å². The minimum absolute atomic E-state index is 0.103. The van der Waals surface area contributed by atoms with Crippen LogP contribution in [0.2, 0.25) is 0 Å². The van der Waals surface area contributed by atoms with Crippen LogP contribution in [0.3, 0.4) is 0 Å². The molecule has 4 aromatic rings. The van der Waals surface area contributed by atoms with Gasteiger partial charge < -0.3 is 23.8 Å². The van der Waals surface area contributed by atoms with Gasteiger partial charge in [0.05, 0.1) is 40.9 Å². The first-order valence-electron chi connectivity index (χ1n) is 17.0. The van der Waals surface area contributed by atoms with Gasteiger partial charge in [-0.25, -0.2) is 4.79 Å². The number of allylic oxidation sites excluding steroid dienone is 1. The third-order valence-electron chi connectivity index (χ3n) is 10.4. The fourth-order valence-electron chi connectivity index (χ4n) is 7.91. The van der Waals surface area contributed by atoms with Crippen molar-refractivity contribution in [2.24, 2.45) is 5.92 Å². The number of rotatable bonds is 11. The Labute approximate surface area is 307 Å². The van der Waals surface area contributed by atoms with Gasteiger partial charge in [-0.05, 0) is 82.9 Å². The van der Waals surface area contributed by atoms with E-state index in [1.54, 1.807) is 45.2 Å². The summed E-state index contributed by atoms with van der Waals surface area (Å²) in [5.41, 5.74) is 3.61. The standard InChI is InChI=1S/C42H40N2O7S/c1-48-31-14-5-27(6-15-31)10-21-37(45)40-39(30-12-18-33(50-3)19-13-30)36-25-52-26-44(36)42(40)34-23-28(11-22-38(46)51-4)9-20-35(34)43(41(42)47)24-29-7-16-32(49-2)17-8-29/h5-23,36,39-40H,24-26H2,1-4H3/b21-10+,22-11+/t36-,39-,40+,42?/m0/s1. The molecule has 2 saturated heterocycles. The Morgan fingerprint density at radius 3 is 2.02 bits per heavy atom. The molecule has 4 atom stereocenters. The molecule has 1 spiro atoms. The predicted octanol–water partition coefficient (Wildman–Crippen LogP) is 6.71. The lowest BCUT2D eigenvalue weighted by Gasteiger charge is -2.37. The lowest BCUT2D eigenvalue weighted by molar-refractivity contribution is -0.136. The van der Waals surface area contributed by atoms with Crippen LogP contribution < -0.4 is 19.1 Å². The fourth-order valence-corrected chi connectivity index (χ4v) is 9.23. The highest BCUT2D eigenvalue weighted by molar-refractivity contribution is 7.99. The van der Waals surface area contributed by atoms with Crippen molar-refractivity contribution in [3.63, 3.8) is 0 Å². The van der Waals surface area contributed by atoms with Gasteiger partial charge in [-0.1, -0.05) is 48.5 Å². The molecule has 0 saturated carbocycles. The zero-order chi connectivity index (χ0) is 36.4.